The van der Waals surface area contributed by atoms with Crippen molar-refractivity contribution in [3.8, 4) is 5.88 Å². The molecular weight excluding hydrogens is 672 g/mol. The second-order valence-corrected chi connectivity index (χ2v) is 17.7. The van der Waals surface area contributed by atoms with E-state index in [1.54, 1.807) is 6.07 Å². The van der Waals surface area contributed by atoms with Gasteiger partial charge in [0.1, 0.15) is 30.7 Å². The van der Waals surface area contributed by atoms with Crippen molar-refractivity contribution in [3.63, 3.8) is 0 Å². The summed E-state index contributed by atoms with van der Waals surface area (Å²) in [5.74, 6) is 0.0446. The second-order valence-electron chi connectivity index (χ2n) is 11.9. The Bertz CT molecular complexity index is 1690. The quantitative estimate of drug-likeness (QED) is 0.195. The fourth-order valence-corrected chi connectivity index (χ4v) is 8.48. The first kappa shape index (κ1) is 32.9. The Balaban J connectivity index is 1.28. The summed E-state index contributed by atoms with van der Waals surface area (Å²) in [6.45, 7) is -3.15. The summed E-state index contributed by atoms with van der Waals surface area (Å²) in [5.41, 5.74) is -0.869. The molecular formula is C24H33N7O10P2S2. The zero-order chi connectivity index (χ0) is 32.1. The molecule has 17 nitrogen and oxygen atoms in total. The molecule has 5 heterocycles. The minimum atomic E-state index is -4.18. The van der Waals surface area contributed by atoms with Crippen LogP contribution in [0.3, 0.4) is 0 Å². The minimum Gasteiger partial charge on any atom is -0.474 e. The van der Waals surface area contributed by atoms with Crippen LogP contribution in [0.1, 0.15) is 39.8 Å². The van der Waals surface area contributed by atoms with Gasteiger partial charge in [-0.25, -0.2) is 24.1 Å². The normalized spacial score (nSPS) is 36.1. The predicted octanol–water partition coefficient (Wildman–Crippen LogP) is 3.13. The van der Waals surface area contributed by atoms with E-state index in [1.165, 1.54) is 23.4 Å². The molecule has 1 aliphatic carbocycles. The monoisotopic (exact) mass is 705 g/mol. The number of H-pyrrole nitrogens is 1. The average molecular weight is 706 g/mol. The summed E-state index contributed by atoms with van der Waals surface area (Å²) >= 11 is 8.35. The molecule has 2 saturated heterocycles. The number of rotatable bonds is 4. The number of aliphatic hydroxyl groups is 1. The van der Waals surface area contributed by atoms with Gasteiger partial charge in [-0.3, -0.25) is 27.9 Å². The highest BCUT2D eigenvalue weighted by Crippen LogP contribution is 2.60. The molecule has 3 aromatic rings. The SMILES string of the molecule is CC(C)(C)Nc1nc2c(ncn2[C@@H]2O[C@@H]3CO[P@@](=O)(S)O[C@H]4C[C@H](Oc5ccncn5)CC4CO[P@@](=O)(S)O[C@@H]2[C@@H]3O)c(=O)[nH]1. The van der Waals surface area contributed by atoms with Gasteiger partial charge in [-0.15, -0.1) is 0 Å². The predicted molar refractivity (Wildman–Crippen MR) is 165 cm³/mol. The molecule has 2 aliphatic heterocycles. The molecule has 246 valence electrons. The first-order chi connectivity index (χ1) is 21.2. The van der Waals surface area contributed by atoms with Crippen molar-refractivity contribution in [1.82, 2.24) is 29.5 Å². The molecule has 3 fully saturated rings. The summed E-state index contributed by atoms with van der Waals surface area (Å²) in [5, 5.41) is 14.3. The number of imidazole rings is 1. The minimum absolute atomic E-state index is 0.00928. The van der Waals surface area contributed by atoms with Crippen LogP contribution in [0.5, 0.6) is 5.88 Å². The third-order valence-electron chi connectivity index (χ3n) is 7.32. The van der Waals surface area contributed by atoms with Gasteiger partial charge in [-0.1, -0.05) is 24.5 Å². The number of aliphatic hydroxyl groups excluding tert-OH is 1. The first-order valence-electron chi connectivity index (χ1n) is 14.0. The van der Waals surface area contributed by atoms with E-state index in [2.05, 4.69) is 54.7 Å². The van der Waals surface area contributed by atoms with E-state index < -0.39 is 74.0 Å². The molecule has 0 amide bonds. The molecule has 6 rings (SSSR count). The van der Waals surface area contributed by atoms with Crippen LogP contribution in [0.15, 0.2) is 29.7 Å². The molecule has 3 N–H and O–H groups in total. The Kier molecular flexibility index (Phi) is 9.15. The van der Waals surface area contributed by atoms with Crippen LogP contribution in [0, 0.1) is 5.92 Å². The zero-order valence-electron chi connectivity index (χ0n) is 24.3. The molecule has 21 heteroatoms. The standard InChI is InChI=1S/C24H33N7O10P2S2/c1-24(2,3)30-23-28-20-17(21(33)29-23)27-11-31(20)22-19-18(32)15(39-22)9-37-42(34,44)40-14-7-13(38-16-4-5-25-10-26-16)6-12(14)8-36-43(35,45)41-19/h4-5,10-15,18-19,22,32H,6-9H2,1-3H3,(H,34,44)(H,35,45)(H2,28,29,30,33)/t12?,13-,14+,15-,18-,19-,22-,42-,43-/m1/s1. The van der Waals surface area contributed by atoms with Gasteiger partial charge in [0, 0.05) is 30.1 Å². The molecule has 1 unspecified atom stereocenters. The lowest BCUT2D eigenvalue weighted by molar-refractivity contribution is -0.0487. The van der Waals surface area contributed by atoms with Gasteiger partial charge in [0.2, 0.25) is 11.8 Å². The Morgan fingerprint density at radius 3 is 2.60 bits per heavy atom. The Morgan fingerprint density at radius 1 is 1.11 bits per heavy atom. The molecule has 0 aromatic carbocycles. The third kappa shape index (κ3) is 7.59. The lowest BCUT2D eigenvalue weighted by atomic mass is 10.1. The lowest BCUT2D eigenvalue weighted by Crippen LogP contribution is -2.35. The fourth-order valence-electron chi connectivity index (χ4n) is 5.42. The van der Waals surface area contributed by atoms with Crippen LogP contribution in [-0.4, -0.2) is 83.9 Å². The van der Waals surface area contributed by atoms with E-state index in [0.717, 1.165) is 0 Å². The molecule has 0 radical (unpaired) electrons. The van der Waals surface area contributed by atoms with E-state index in [4.69, 9.17) is 27.6 Å². The van der Waals surface area contributed by atoms with Crippen molar-refractivity contribution in [2.45, 2.75) is 75.9 Å². The van der Waals surface area contributed by atoms with Crippen LogP contribution in [0.2, 0.25) is 0 Å². The number of nitrogens with one attached hydrogen (secondary N) is 2. The largest absolute Gasteiger partial charge is 0.474 e. The van der Waals surface area contributed by atoms with Crippen molar-refractivity contribution >= 4 is 55.2 Å². The maximum Gasteiger partial charge on any atom is 0.386 e. The first-order valence-corrected chi connectivity index (χ1v) is 19.4. The number of fused-ring (bicyclic) bond motifs is 4. The van der Waals surface area contributed by atoms with Gasteiger partial charge in [-0.05, 0) is 27.2 Å². The van der Waals surface area contributed by atoms with Crippen LogP contribution in [0.4, 0.5) is 5.95 Å². The summed E-state index contributed by atoms with van der Waals surface area (Å²) in [6.07, 6.45) is -1.56. The lowest BCUT2D eigenvalue weighted by Gasteiger charge is -2.26. The van der Waals surface area contributed by atoms with Crippen molar-refractivity contribution in [2.24, 2.45) is 5.92 Å². The van der Waals surface area contributed by atoms with E-state index in [-0.39, 0.29) is 30.1 Å². The Labute approximate surface area is 267 Å². The van der Waals surface area contributed by atoms with E-state index in [0.29, 0.717) is 12.3 Å². The number of aromatic nitrogens is 6. The summed E-state index contributed by atoms with van der Waals surface area (Å²) in [6, 6.07) is 1.60. The Morgan fingerprint density at radius 2 is 1.87 bits per heavy atom. The van der Waals surface area contributed by atoms with Crippen molar-refractivity contribution in [3.05, 3.63) is 35.3 Å². The van der Waals surface area contributed by atoms with E-state index >= 15 is 0 Å². The Hall–Kier alpha value is -2.05. The number of ether oxygens (including phenoxy) is 2. The van der Waals surface area contributed by atoms with Gasteiger partial charge in [0.25, 0.3) is 5.56 Å². The van der Waals surface area contributed by atoms with Crippen LogP contribution < -0.4 is 15.6 Å². The van der Waals surface area contributed by atoms with Gasteiger partial charge in [0.05, 0.1) is 25.6 Å². The van der Waals surface area contributed by atoms with Gasteiger partial charge >= 0.3 is 13.6 Å². The third-order valence-corrected chi connectivity index (χ3v) is 10.6. The van der Waals surface area contributed by atoms with Gasteiger partial charge in [0.15, 0.2) is 17.4 Å². The number of anilines is 1. The average Bonchev–Trinajstić information content (AvgIpc) is 3.61. The second kappa shape index (κ2) is 12.5. The topological polar surface area (TPSA) is 211 Å². The maximum atomic E-state index is 13.6. The maximum absolute atomic E-state index is 13.6. The van der Waals surface area contributed by atoms with Gasteiger partial charge in [-0.2, -0.15) is 4.98 Å². The number of hydrogen-bond donors (Lipinski definition) is 5. The van der Waals surface area contributed by atoms with Crippen molar-refractivity contribution < 1.29 is 41.8 Å². The van der Waals surface area contributed by atoms with E-state index in [9.17, 15) is 19.0 Å². The van der Waals surface area contributed by atoms with Gasteiger partial charge < -0.3 is 24.4 Å². The highest BCUT2D eigenvalue weighted by molar-refractivity contribution is 8.44. The van der Waals surface area contributed by atoms with Crippen molar-refractivity contribution in [1.29, 1.82) is 0 Å². The van der Waals surface area contributed by atoms with Crippen LogP contribution in [0.25, 0.3) is 11.2 Å². The summed E-state index contributed by atoms with van der Waals surface area (Å²) in [4.78, 5) is 32.0. The number of aromatic amines is 1. The number of thiol groups is 2. The van der Waals surface area contributed by atoms with Crippen LogP contribution in [-0.2, 0) is 32.0 Å². The number of hydrogen-bond acceptors (Lipinski definition) is 15. The summed E-state index contributed by atoms with van der Waals surface area (Å²) < 4.78 is 63.2. The highest BCUT2D eigenvalue weighted by atomic mass is 32.7. The smallest absolute Gasteiger partial charge is 0.386 e. The fraction of sp³-hybridized carbons (Fsp3) is 0.625. The molecule has 45 heavy (non-hydrogen) atoms. The van der Waals surface area contributed by atoms with Crippen molar-refractivity contribution in [2.75, 3.05) is 18.5 Å². The van der Waals surface area contributed by atoms with Crippen LogP contribution >= 0.6 is 38.1 Å². The number of nitrogens with zero attached hydrogens (tertiary/aromatic N) is 5. The molecule has 3 aliphatic rings. The zero-order valence-corrected chi connectivity index (χ0v) is 27.9. The van der Waals surface area contributed by atoms with E-state index in [1.807, 2.05) is 20.8 Å². The molecule has 1 saturated carbocycles. The summed E-state index contributed by atoms with van der Waals surface area (Å²) in [7, 11) is 0. The molecule has 0 spiro atoms. The highest BCUT2D eigenvalue weighted by Gasteiger charge is 2.51. The molecule has 9 atom stereocenters. The molecule has 3 aromatic heterocycles. The molecule has 2 bridgehead atoms.